The molecule has 2 fully saturated rings. The maximum absolute atomic E-state index is 12.6. The van der Waals surface area contributed by atoms with Crippen LogP contribution in [-0.2, 0) is 4.79 Å². The Hall–Kier alpha value is -1.95. The molecule has 4 heterocycles. The Balaban J connectivity index is 1.51. The Kier molecular flexibility index (Phi) is 3.99. The van der Waals surface area contributed by atoms with Gasteiger partial charge in [-0.1, -0.05) is 6.07 Å². The molecule has 0 bridgehead atoms. The van der Waals surface area contributed by atoms with E-state index in [0.29, 0.717) is 6.54 Å². The zero-order valence-electron chi connectivity index (χ0n) is 13.4. The largest absolute Gasteiger partial charge is 0.342 e. The molecule has 6 nitrogen and oxygen atoms in total. The summed E-state index contributed by atoms with van der Waals surface area (Å²) in [6.45, 7) is 3.31. The molecule has 2 aromatic heterocycles. The van der Waals surface area contributed by atoms with Crippen LogP contribution in [0.25, 0.3) is 5.65 Å². The Bertz CT molecular complexity index is 691. The molecule has 6 heteroatoms. The van der Waals surface area contributed by atoms with Gasteiger partial charge in [-0.3, -0.25) is 14.1 Å². The lowest BCUT2D eigenvalue weighted by molar-refractivity contribution is -0.133. The number of amides is 1. The highest BCUT2D eigenvalue weighted by molar-refractivity contribution is 5.78. The minimum Gasteiger partial charge on any atom is -0.342 e. The number of fused-ring (bicyclic) bond motifs is 1. The number of hydrogen-bond donors (Lipinski definition) is 0. The van der Waals surface area contributed by atoms with Gasteiger partial charge in [0.2, 0.25) is 5.91 Å². The molecule has 2 aliphatic heterocycles. The molecule has 0 aliphatic carbocycles. The molecule has 23 heavy (non-hydrogen) atoms. The molecular formula is C17H23N5O. The summed E-state index contributed by atoms with van der Waals surface area (Å²) in [5.74, 6) is 1.23. The van der Waals surface area contributed by atoms with Crippen LogP contribution in [0.5, 0.6) is 0 Å². The van der Waals surface area contributed by atoms with Gasteiger partial charge in [0, 0.05) is 19.3 Å². The van der Waals surface area contributed by atoms with Crippen LogP contribution in [0.3, 0.4) is 0 Å². The van der Waals surface area contributed by atoms with E-state index in [1.165, 1.54) is 6.42 Å². The van der Waals surface area contributed by atoms with Crippen LogP contribution in [0.15, 0.2) is 24.4 Å². The number of aromatic nitrogens is 3. The van der Waals surface area contributed by atoms with E-state index in [1.807, 2.05) is 33.7 Å². The summed E-state index contributed by atoms with van der Waals surface area (Å²) in [4.78, 5) is 16.9. The maximum atomic E-state index is 12.6. The molecule has 1 amide bonds. The van der Waals surface area contributed by atoms with Gasteiger partial charge in [-0.2, -0.15) is 0 Å². The van der Waals surface area contributed by atoms with Gasteiger partial charge < -0.3 is 4.90 Å². The highest BCUT2D eigenvalue weighted by Gasteiger charge is 2.32. The number of nitrogens with zero attached hydrogens (tertiary/aromatic N) is 5. The number of pyridine rings is 1. The first-order valence-electron chi connectivity index (χ1n) is 8.64. The lowest BCUT2D eigenvalue weighted by atomic mass is 10.1. The van der Waals surface area contributed by atoms with Crippen LogP contribution < -0.4 is 0 Å². The smallest absolute Gasteiger partial charge is 0.236 e. The molecule has 2 aliphatic rings. The lowest BCUT2D eigenvalue weighted by Gasteiger charge is -2.30. The number of piperidine rings is 1. The van der Waals surface area contributed by atoms with Gasteiger partial charge in [-0.15, -0.1) is 10.2 Å². The summed E-state index contributed by atoms with van der Waals surface area (Å²) in [7, 11) is 0. The molecule has 1 unspecified atom stereocenters. The predicted molar refractivity (Wildman–Crippen MR) is 87.0 cm³/mol. The third kappa shape index (κ3) is 2.83. The van der Waals surface area contributed by atoms with Gasteiger partial charge in [0.05, 0.1) is 12.6 Å². The average molecular weight is 313 g/mol. The lowest BCUT2D eigenvalue weighted by Crippen LogP contribution is -2.42. The van der Waals surface area contributed by atoms with Crippen LogP contribution in [0, 0.1) is 0 Å². The third-order valence-electron chi connectivity index (χ3n) is 5.05. The Labute approximate surface area is 136 Å². The second-order valence-electron chi connectivity index (χ2n) is 6.56. The molecule has 2 saturated heterocycles. The van der Waals surface area contributed by atoms with E-state index in [0.717, 1.165) is 56.8 Å². The SMILES string of the molecule is O=C(CN1CCCC1c1nnc2ccccn12)N1CCCCC1. The molecule has 1 atom stereocenters. The van der Waals surface area contributed by atoms with Crippen molar-refractivity contribution in [1.82, 2.24) is 24.4 Å². The summed E-state index contributed by atoms with van der Waals surface area (Å²) >= 11 is 0. The highest BCUT2D eigenvalue weighted by Crippen LogP contribution is 2.30. The summed E-state index contributed by atoms with van der Waals surface area (Å²) < 4.78 is 2.05. The van der Waals surface area contributed by atoms with Gasteiger partial charge in [-0.25, -0.2) is 0 Å². The molecule has 2 aromatic rings. The van der Waals surface area contributed by atoms with E-state index < -0.39 is 0 Å². The first-order chi connectivity index (χ1) is 11.3. The summed E-state index contributed by atoms with van der Waals surface area (Å²) in [6.07, 6.45) is 7.70. The van der Waals surface area contributed by atoms with E-state index in [2.05, 4.69) is 15.1 Å². The van der Waals surface area contributed by atoms with Crippen LogP contribution in [0.1, 0.15) is 44.0 Å². The van der Waals surface area contributed by atoms with Crippen LogP contribution >= 0.6 is 0 Å². The van der Waals surface area contributed by atoms with Crippen LogP contribution in [0.4, 0.5) is 0 Å². The van der Waals surface area contributed by atoms with Crippen LogP contribution in [-0.4, -0.2) is 56.5 Å². The zero-order valence-corrected chi connectivity index (χ0v) is 13.4. The summed E-state index contributed by atoms with van der Waals surface area (Å²) in [5, 5.41) is 8.65. The van der Waals surface area contributed by atoms with Crippen molar-refractivity contribution in [2.75, 3.05) is 26.2 Å². The molecule has 0 radical (unpaired) electrons. The van der Waals surface area contributed by atoms with E-state index in [1.54, 1.807) is 0 Å². The Morgan fingerprint density at radius 1 is 1.09 bits per heavy atom. The first kappa shape index (κ1) is 14.6. The molecule has 0 aromatic carbocycles. The van der Waals surface area contributed by atoms with E-state index in [-0.39, 0.29) is 11.9 Å². The van der Waals surface area contributed by atoms with Crippen molar-refractivity contribution in [1.29, 1.82) is 0 Å². The van der Waals surface area contributed by atoms with Crippen molar-refractivity contribution in [3.8, 4) is 0 Å². The fourth-order valence-electron chi connectivity index (χ4n) is 3.81. The molecule has 122 valence electrons. The quantitative estimate of drug-likeness (QED) is 0.868. The van der Waals surface area contributed by atoms with Crippen molar-refractivity contribution < 1.29 is 4.79 Å². The first-order valence-corrected chi connectivity index (χ1v) is 8.64. The Morgan fingerprint density at radius 2 is 1.96 bits per heavy atom. The average Bonchev–Trinajstić information content (AvgIpc) is 3.22. The number of hydrogen-bond acceptors (Lipinski definition) is 4. The maximum Gasteiger partial charge on any atom is 0.236 e. The van der Waals surface area contributed by atoms with E-state index in [4.69, 9.17) is 0 Å². The number of carbonyl (C=O) groups is 1. The number of rotatable bonds is 3. The number of carbonyl (C=O) groups excluding carboxylic acids is 1. The van der Waals surface area contributed by atoms with E-state index in [9.17, 15) is 4.79 Å². The van der Waals surface area contributed by atoms with Gasteiger partial charge in [0.15, 0.2) is 11.5 Å². The van der Waals surface area contributed by atoms with E-state index >= 15 is 0 Å². The van der Waals surface area contributed by atoms with Gasteiger partial charge in [0.25, 0.3) is 0 Å². The van der Waals surface area contributed by atoms with Crippen molar-refractivity contribution in [3.05, 3.63) is 30.2 Å². The normalized spacial score (nSPS) is 22.8. The second-order valence-corrected chi connectivity index (χ2v) is 6.56. The fourth-order valence-corrected chi connectivity index (χ4v) is 3.81. The van der Waals surface area contributed by atoms with Gasteiger partial charge in [0.1, 0.15) is 0 Å². The summed E-state index contributed by atoms with van der Waals surface area (Å²) in [5.41, 5.74) is 0.872. The minimum atomic E-state index is 0.196. The molecular weight excluding hydrogens is 290 g/mol. The topological polar surface area (TPSA) is 53.7 Å². The predicted octanol–water partition coefficient (Wildman–Crippen LogP) is 1.88. The van der Waals surface area contributed by atoms with Crippen molar-refractivity contribution >= 4 is 11.6 Å². The van der Waals surface area contributed by atoms with Crippen LogP contribution in [0.2, 0.25) is 0 Å². The standard InChI is InChI=1S/C17H23N5O/c23-16(20-9-3-1-4-10-20)13-21-11-6-7-14(21)17-19-18-15-8-2-5-12-22(15)17/h2,5,8,12,14H,1,3-4,6-7,9-11,13H2. The second kappa shape index (κ2) is 6.28. The van der Waals surface area contributed by atoms with Crippen molar-refractivity contribution in [2.24, 2.45) is 0 Å². The van der Waals surface area contributed by atoms with Gasteiger partial charge >= 0.3 is 0 Å². The molecule has 0 spiro atoms. The third-order valence-corrected chi connectivity index (χ3v) is 5.05. The zero-order chi connectivity index (χ0) is 15.6. The molecule has 0 N–H and O–H groups in total. The van der Waals surface area contributed by atoms with Crippen molar-refractivity contribution in [2.45, 2.75) is 38.1 Å². The Morgan fingerprint density at radius 3 is 2.83 bits per heavy atom. The minimum absolute atomic E-state index is 0.196. The monoisotopic (exact) mass is 313 g/mol. The highest BCUT2D eigenvalue weighted by atomic mass is 16.2. The summed E-state index contributed by atoms with van der Waals surface area (Å²) in [6, 6.07) is 6.13. The van der Waals surface area contributed by atoms with Gasteiger partial charge in [-0.05, 0) is 50.8 Å². The fraction of sp³-hybridized carbons (Fsp3) is 0.588. The number of likely N-dealkylation sites (tertiary alicyclic amines) is 2. The molecule has 0 saturated carbocycles. The van der Waals surface area contributed by atoms with Crippen molar-refractivity contribution in [3.63, 3.8) is 0 Å². The molecule has 4 rings (SSSR count).